The highest BCUT2D eigenvalue weighted by molar-refractivity contribution is 5.24. The van der Waals surface area contributed by atoms with Crippen LogP contribution in [0.25, 0.3) is 0 Å². The Morgan fingerprint density at radius 3 is 2.94 bits per heavy atom. The van der Waals surface area contributed by atoms with Gasteiger partial charge in [-0.05, 0) is 12.0 Å². The molecule has 0 amide bonds. The van der Waals surface area contributed by atoms with Gasteiger partial charge in [-0.15, -0.1) is 0 Å². The van der Waals surface area contributed by atoms with Gasteiger partial charge in [-0.1, -0.05) is 18.7 Å². The summed E-state index contributed by atoms with van der Waals surface area (Å²) < 4.78 is 11.1. The number of allylic oxidation sites excluding steroid dienone is 2. The Morgan fingerprint density at radius 1 is 1.56 bits per heavy atom. The highest BCUT2D eigenvalue weighted by Gasteiger charge is 2.55. The first-order valence-corrected chi connectivity index (χ1v) is 5.51. The van der Waals surface area contributed by atoms with Crippen molar-refractivity contribution in [3.63, 3.8) is 0 Å². The first-order chi connectivity index (χ1) is 7.64. The fourth-order valence-corrected chi connectivity index (χ4v) is 2.71. The van der Waals surface area contributed by atoms with Crippen molar-refractivity contribution in [3.05, 3.63) is 24.3 Å². The molecule has 0 bridgehead atoms. The van der Waals surface area contributed by atoms with Crippen LogP contribution in [0.2, 0.25) is 0 Å². The summed E-state index contributed by atoms with van der Waals surface area (Å²) in [6.45, 7) is 4.06. The standard InChI is InChI=1S/C12H18O4/c1-3-4-8-7-16-12(15-2)6-5-9(13)11(14)10(8)12/h3-4,9-11,13-14H,1,5-7H2,2H3/t9-,10-,11-,12-/m1/s1. The molecule has 2 rings (SSSR count). The monoisotopic (exact) mass is 226 g/mol. The first-order valence-electron chi connectivity index (χ1n) is 5.51. The molecule has 1 saturated carbocycles. The molecule has 4 nitrogen and oxygen atoms in total. The average molecular weight is 226 g/mol. The van der Waals surface area contributed by atoms with Crippen molar-refractivity contribution in [1.29, 1.82) is 0 Å². The summed E-state index contributed by atoms with van der Waals surface area (Å²) in [5.74, 6) is -1.06. The number of aliphatic hydroxyl groups excluding tert-OH is 2. The van der Waals surface area contributed by atoms with Gasteiger partial charge in [0.05, 0.1) is 24.7 Å². The van der Waals surface area contributed by atoms with Crippen LogP contribution in [0, 0.1) is 5.92 Å². The zero-order chi connectivity index (χ0) is 11.8. The number of fused-ring (bicyclic) bond motifs is 1. The lowest BCUT2D eigenvalue weighted by Gasteiger charge is -2.41. The van der Waals surface area contributed by atoms with E-state index in [0.717, 1.165) is 5.57 Å². The minimum Gasteiger partial charge on any atom is -0.390 e. The maximum Gasteiger partial charge on any atom is 0.177 e. The molecule has 0 aromatic carbocycles. The first kappa shape index (κ1) is 11.8. The van der Waals surface area contributed by atoms with Gasteiger partial charge in [0.1, 0.15) is 0 Å². The molecule has 2 aliphatic rings. The SMILES string of the molecule is C=CC=C1CO[C@]2(OC)CC[C@@H](O)[C@@H](O)[C@@H]12. The highest BCUT2D eigenvalue weighted by Crippen LogP contribution is 2.46. The Balaban J connectivity index is 2.34. The lowest BCUT2D eigenvalue weighted by molar-refractivity contribution is -0.258. The fraction of sp³-hybridized carbons (Fsp3) is 0.667. The molecule has 2 N–H and O–H groups in total. The Bertz CT molecular complexity index is 312. The molecular formula is C12H18O4. The van der Waals surface area contributed by atoms with Crippen LogP contribution in [0.3, 0.4) is 0 Å². The third-order valence-corrected chi connectivity index (χ3v) is 3.56. The topological polar surface area (TPSA) is 58.9 Å². The van der Waals surface area contributed by atoms with Gasteiger partial charge >= 0.3 is 0 Å². The highest BCUT2D eigenvalue weighted by atomic mass is 16.7. The maximum absolute atomic E-state index is 10.1. The molecule has 90 valence electrons. The van der Waals surface area contributed by atoms with E-state index in [0.29, 0.717) is 19.4 Å². The molecule has 4 heteroatoms. The summed E-state index contributed by atoms with van der Waals surface area (Å²) in [4.78, 5) is 0. The molecule has 1 saturated heterocycles. The summed E-state index contributed by atoms with van der Waals surface area (Å²) in [6, 6.07) is 0. The van der Waals surface area contributed by atoms with Gasteiger partial charge in [0.15, 0.2) is 5.79 Å². The Labute approximate surface area is 95.2 Å². The van der Waals surface area contributed by atoms with Crippen LogP contribution in [0.15, 0.2) is 24.3 Å². The van der Waals surface area contributed by atoms with E-state index >= 15 is 0 Å². The molecule has 0 aromatic rings. The van der Waals surface area contributed by atoms with Gasteiger partial charge in [-0.3, -0.25) is 0 Å². The zero-order valence-corrected chi connectivity index (χ0v) is 9.43. The Morgan fingerprint density at radius 2 is 2.31 bits per heavy atom. The molecular weight excluding hydrogens is 208 g/mol. The van der Waals surface area contributed by atoms with Crippen molar-refractivity contribution in [2.45, 2.75) is 30.8 Å². The molecule has 16 heavy (non-hydrogen) atoms. The smallest absolute Gasteiger partial charge is 0.177 e. The Kier molecular flexibility index (Phi) is 3.17. The normalized spacial score (nSPS) is 45.7. The molecule has 2 fully saturated rings. The molecule has 0 spiro atoms. The van der Waals surface area contributed by atoms with Gasteiger partial charge in [-0.25, -0.2) is 0 Å². The fourth-order valence-electron chi connectivity index (χ4n) is 2.71. The van der Waals surface area contributed by atoms with Crippen LogP contribution in [-0.2, 0) is 9.47 Å². The molecule has 1 aliphatic carbocycles. The summed E-state index contributed by atoms with van der Waals surface area (Å²) >= 11 is 0. The van der Waals surface area contributed by atoms with Crippen LogP contribution in [0.4, 0.5) is 0 Å². The van der Waals surface area contributed by atoms with Crippen LogP contribution >= 0.6 is 0 Å². The van der Waals surface area contributed by atoms with Gasteiger partial charge in [-0.2, -0.15) is 0 Å². The van der Waals surface area contributed by atoms with E-state index in [2.05, 4.69) is 6.58 Å². The molecule has 0 unspecified atom stereocenters. The second-order valence-electron chi connectivity index (χ2n) is 4.36. The summed E-state index contributed by atoms with van der Waals surface area (Å²) in [5, 5.41) is 19.8. The van der Waals surface area contributed by atoms with Crippen LogP contribution in [0.5, 0.6) is 0 Å². The van der Waals surface area contributed by atoms with Crippen molar-refractivity contribution >= 4 is 0 Å². The summed E-state index contributed by atoms with van der Waals surface area (Å²) in [7, 11) is 1.58. The minimum absolute atomic E-state index is 0.292. The van der Waals surface area contributed by atoms with Crippen molar-refractivity contribution in [2.75, 3.05) is 13.7 Å². The van der Waals surface area contributed by atoms with Gasteiger partial charge in [0.2, 0.25) is 0 Å². The second kappa shape index (κ2) is 4.30. The van der Waals surface area contributed by atoms with Gasteiger partial charge in [0.25, 0.3) is 0 Å². The lowest BCUT2D eigenvalue weighted by atomic mass is 9.77. The number of hydrogen-bond acceptors (Lipinski definition) is 4. The van der Waals surface area contributed by atoms with E-state index in [1.54, 1.807) is 13.2 Å². The molecule has 1 heterocycles. The van der Waals surface area contributed by atoms with E-state index in [1.807, 2.05) is 6.08 Å². The van der Waals surface area contributed by atoms with E-state index < -0.39 is 18.0 Å². The maximum atomic E-state index is 10.1. The van der Waals surface area contributed by atoms with Crippen LogP contribution < -0.4 is 0 Å². The second-order valence-corrected chi connectivity index (χ2v) is 4.36. The van der Waals surface area contributed by atoms with E-state index in [1.165, 1.54) is 0 Å². The minimum atomic E-state index is -0.831. The number of rotatable bonds is 2. The largest absolute Gasteiger partial charge is 0.390 e. The number of hydrogen-bond donors (Lipinski definition) is 2. The molecule has 1 aliphatic heterocycles. The van der Waals surface area contributed by atoms with Crippen LogP contribution in [-0.4, -0.2) is 41.9 Å². The van der Waals surface area contributed by atoms with Crippen molar-refractivity contribution in [2.24, 2.45) is 5.92 Å². The summed E-state index contributed by atoms with van der Waals surface area (Å²) in [5.41, 5.74) is 0.933. The number of methoxy groups -OCH3 is 1. The molecule has 0 radical (unpaired) electrons. The van der Waals surface area contributed by atoms with Crippen molar-refractivity contribution in [3.8, 4) is 0 Å². The zero-order valence-electron chi connectivity index (χ0n) is 9.43. The van der Waals surface area contributed by atoms with Gasteiger partial charge in [0, 0.05) is 13.5 Å². The third kappa shape index (κ3) is 1.62. The van der Waals surface area contributed by atoms with Crippen molar-refractivity contribution < 1.29 is 19.7 Å². The predicted molar refractivity (Wildman–Crippen MR) is 58.7 cm³/mol. The van der Waals surface area contributed by atoms with E-state index in [9.17, 15) is 10.2 Å². The quantitative estimate of drug-likeness (QED) is 0.724. The average Bonchev–Trinajstić information content (AvgIpc) is 2.65. The van der Waals surface area contributed by atoms with E-state index in [-0.39, 0.29) is 5.92 Å². The lowest BCUT2D eigenvalue weighted by Crippen LogP contribution is -2.52. The van der Waals surface area contributed by atoms with Gasteiger partial charge < -0.3 is 19.7 Å². The van der Waals surface area contributed by atoms with Crippen molar-refractivity contribution in [1.82, 2.24) is 0 Å². The molecule has 4 atom stereocenters. The Hall–Kier alpha value is -0.680. The molecule has 0 aromatic heterocycles. The number of aliphatic hydroxyl groups is 2. The van der Waals surface area contributed by atoms with Crippen LogP contribution in [0.1, 0.15) is 12.8 Å². The summed E-state index contributed by atoms with van der Waals surface area (Å²) in [6.07, 6.45) is 3.05. The van der Waals surface area contributed by atoms with E-state index in [4.69, 9.17) is 9.47 Å². The number of ether oxygens (including phenoxy) is 2. The third-order valence-electron chi connectivity index (χ3n) is 3.56. The predicted octanol–water partition coefficient (Wildman–Crippen LogP) is 0.603.